The average molecular weight is 379 g/mol. The molecule has 0 unspecified atom stereocenters. The summed E-state index contributed by atoms with van der Waals surface area (Å²) >= 11 is 1.40. The maximum absolute atomic E-state index is 12.0. The summed E-state index contributed by atoms with van der Waals surface area (Å²) in [4.78, 5) is 24.6. The minimum Gasteiger partial charge on any atom is -0.489 e. The third kappa shape index (κ3) is 6.08. The van der Waals surface area contributed by atoms with Crippen LogP contribution in [0.1, 0.15) is 33.6 Å². The lowest BCUT2D eigenvalue weighted by Crippen LogP contribution is -2.23. The second kappa shape index (κ2) is 9.69. The number of carbonyl (C=O) groups is 2. The molecule has 1 aromatic heterocycles. The number of thiophene rings is 1. The standard InChI is InChI=1S/C22H21NO3S/c24-20(21-10-5-13-27-21)11-12-22(25)23-15-18-8-4-9-19(14-18)26-16-17-6-2-1-3-7-17/h1-10,13-14H,11-12,15-16H2,(H,23,25). The fourth-order valence-corrected chi connectivity index (χ4v) is 3.26. The number of Topliss-reactive ketones (excluding diaryl/α,β-unsaturated/α-hetero) is 1. The molecule has 0 fully saturated rings. The first-order valence-corrected chi connectivity index (χ1v) is 9.68. The SMILES string of the molecule is O=C(CCC(=O)c1cccs1)NCc1cccc(OCc2ccccc2)c1. The van der Waals surface area contributed by atoms with Gasteiger partial charge in [-0.1, -0.05) is 48.5 Å². The van der Waals surface area contributed by atoms with E-state index in [1.807, 2.05) is 66.0 Å². The summed E-state index contributed by atoms with van der Waals surface area (Å²) in [6.45, 7) is 0.913. The minimum absolute atomic E-state index is 0.0106. The Morgan fingerprint density at radius 3 is 2.48 bits per heavy atom. The van der Waals surface area contributed by atoms with E-state index in [1.54, 1.807) is 6.07 Å². The van der Waals surface area contributed by atoms with E-state index in [-0.39, 0.29) is 24.5 Å². The highest BCUT2D eigenvalue weighted by atomic mass is 32.1. The van der Waals surface area contributed by atoms with Crippen molar-refractivity contribution in [1.29, 1.82) is 0 Å². The van der Waals surface area contributed by atoms with Crippen LogP contribution in [0.5, 0.6) is 5.75 Å². The molecule has 0 radical (unpaired) electrons. The Hall–Kier alpha value is -2.92. The maximum Gasteiger partial charge on any atom is 0.220 e. The van der Waals surface area contributed by atoms with E-state index in [1.165, 1.54) is 11.3 Å². The number of benzene rings is 2. The summed E-state index contributed by atoms with van der Waals surface area (Å²) < 4.78 is 5.80. The number of ketones is 1. The number of nitrogens with one attached hydrogen (secondary N) is 1. The van der Waals surface area contributed by atoms with Crippen LogP contribution in [0.2, 0.25) is 0 Å². The number of hydrogen-bond donors (Lipinski definition) is 1. The lowest BCUT2D eigenvalue weighted by Gasteiger charge is -2.09. The summed E-state index contributed by atoms with van der Waals surface area (Å²) in [5, 5.41) is 4.72. The Bertz CT molecular complexity index is 876. The van der Waals surface area contributed by atoms with Crippen molar-refractivity contribution in [2.75, 3.05) is 0 Å². The van der Waals surface area contributed by atoms with E-state index in [4.69, 9.17) is 4.74 Å². The molecule has 0 aliphatic heterocycles. The second-order valence-electron chi connectivity index (χ2n) is 6.10. The third-order valence-electron chi connectivity index (χ3n) is 4.01. The van der Waals surface area contributed by atoms with Crippen molar-refractivity contribution in [3.05, 3.63) is 88.1 Å². The Balaban J connectivity index is 1.43. The highest BCUT2D eigenvalue weighted by molar-refractivity contribution is 7.12. The van der Waals surface area contributed by atoms with Gasteiger partial charge < -0.3 is 10.1 Å². The van der Waals surface area contributed by atoms with E-state index in [9.17, 15) is 9.59 Å². The first-order chi connectivity index (χ1) is 13.2. The molecule has 5 heteroatoms. The molecule has 4 nitrogen and oxygen atoms in total. The van der Waals surface area contributed by atoms with Crippen LogP contribution in [0, 0.1) is 0 Å². The lowest BCUT2D eigenvalue weighted by molar-refractivity contribution is -0.121. The zero-order chi connectivity index (χ0) is 18.9. The van der Waals surface area contributed by atoms with Crippen LogP contribution in [-0.4, -0.2) is 11.7 Å². The van der Waals surface area contributed by atoms with Gasteiger partial charge in [0.15, 0.2) is 5.78 Å². The summed E-state index contributed by atoms with van der Waals surface area (Å²) in [6, 6.07) is 21.2. The van der Waals surface area contributed by atoms with E-state index in [0.29, 0.717) is 18.0 Å². The van der Waals surface area contributed by atoms with Gasteiger partial charge in [0.1, 0.15) is 12.4 Å². The van der Waals surface area contributed by atoms with Gasteiger partial charge in [-0.15, -0.1) is 11.3 Å². The van der Waals surface area contributed by atoms with Gasteiger partial charge in [-0.2, -0.15) is 0 Å². The quantitative estimate of drug-likeness (QED) is 0.553. The molecule has 0 saturated heterocycles. The van der Waals surface area contributed by atoms with Crippen molar-refractivity contribution < 1.29 is 14.3 Å². The van der Waals surface area contributed by atoms with Crippen molar-refractivity contribution >= 4 is 23.0 Å². The molecule has 3 aromatic rings. The number of ether oxygens (including phenoxy) is 1. The van der Waals surface area contributed by atoms with Crippen molar-refractivity contribution in [3.63, 3.8) is 0 Å². The molecule has 0 spiro atoms. The molecular weight excluding hydrogens is 358 g/mol. The number of rotatable bonds is 9. The Labute approximate surface area is 162 Å². The fraction of sp³-hybridized carbons (Fsp3) is 0.182. The predicted octanol–water partition coefficient (Wildman–Crippen LogP) is 4.61. The molecule has 0 aliphatic rings. The molecule has 138 valence electrons. The van der Waals surface area contributed by atoms with Crippen LogP contribution >= 0.6 is 11.3 Å². The van der Waals surface area contributed by atoms with Crippen molar-refractivity contribution in [2.24, 2.45) is 0 Å². The summed E-state index contributed by atoms with van der Waals surface area (Å²) in [5.41, 5.74) is 2.06. The van der Waals surface area contributed by atoms with Gasteiger partial charge >= 0.3 is 0 Å². The summed E-state index contributed by atoms with van der Waals surface area (Å²) in [7, 11) is 0. The molecule has 0 saturated carbocycles. The maximum atomic E-state index is 12.0. The van der Waals surface area contributed by atoms with Crippen LogP contribution in [0.25, 0.3) is 0 Å². The highest BCUT2D eigenvalue weighted by Crippen LogP contribution is 2.16. The zero-order valence-corrected chi connectivity index (χ0v) is 15.7. The molecule has 2 aromatic carbocycles. The molecule has 3 rings (SSSR count). The highest BCUT2D eigenvalue weighted by Gasteiger charge is 2.10. The fourth-order valence-electron chi connectivity index (χ4n) is 2.56. The van der Waals surface area contributed by atoms with Gasteiger partial charge in [-0.25, -0.2) is 0 Å². The van der Waals surface area contributed by atoms with Gasteiger partial charge in [-0.05, 0) is 34.7 Å². The second-order valence-corrected chi connectivity index (χ2v) is 7.05. The Morgan fingerprint density at radius 2 is 1.70 bits per heavy atom. The van der Waals surface area contributed by atoms with E-state index in [2.05, 4.69) is 5.32 Å². The van der Waals surface area contributed by atoms with Gasteiger partial charge in [0.2, 0.25) is 5.91 Å². The molecule has 0 atom stereocenters. The smallest absolute Gasteiger partial charge is 0.220 e. The average Bonchev–Trinajstić information content (AvgIpc) is 3.25. The molecule has 0 bridgehead atoms. The van der Waals surface area contributed by atoms with Crippen LogP contribution in [0.3, 0.4) is 0 Å². The van der Waals surface area contributed by atoms with Crippen LogP contribution < -0.4 is 10.1 Å². The van der Waals surface area contributed by atoms with E-state index in [0.717, 1.165) is 16.9 Å². The lowest BCUT2D eigenvalue weighted by atomic mass is 10.1. The van der Waals surface area contributed by atoms with Gasteiger partial charge in [0.25, 0.3) is 0 Å². The van der Waals surface area contributed by atoms with E-state index < -0.39 is 0 Å². The van der Waals surface area contributed by atoms with Gasteiger partial charge in [0.05, 0.1) is 4.88 Å². The van der Waals surface area contributed by atoms with Crippen LogP contribution in [-0.2, 0) is 17.9 Å². The first kappa shape index (κ1) is 18.9. The normalized spacial score (nSPS) is 10.4. The molecule has 1 heterocycles. The summed E-state index contributed by atoms with van der Waals surface area (Å²) in [6.07, 6.45) is 0.424. The monoisotopic (exact) mass is 379 g/mol. The predicted molar refractivity (Wildman–Crippen MR) is 107 cm³/mol. The molecule has 1 amide bonds. The molecular formula is C22H21NO3S. The molecule has 27 heavy (non-hydrogen) atoms. The van der Waals surface area contributed by atoms with Crippen LogP contribution in [0.4, 0.5) is 0 Å². The zero-order valence-electron chi connectivity index (χ0n) is 14.9. The molecule has 0 aliphatic carbocycles. The van der Waals surface area contributed by atoms with Crippen molar-refractivity contribution in [3.8, 4) is 5.75 Å². The third-order valence-corrected chi connectivity index (χ3v) is 4.92. The van der Waals surface area contributed by atoms with Gasteiger partial charge in [-0.3, -0.25) is 9.59 Å². The largest absolute Gasteiger partial charge is 0.489 e. The topological polar surface area (TPSA) is 55.4 Å². The van der Waals surface area contributed by atoms with E-state index >= 15 is 0 Å². The van der Waals surface area contributed by atoms with Crippen molar-refractivity contribution in [1.82, 2.24) is 5.32 Å². The van der Waals surface area contributed by atoms with Crippen LogP contribution in [0.15, 0.2) is 72.1 Å². The molecule has 1 N–H and O–H groups in total. The number of amides is 1. The number of carbonyl (C=O) groups excluding carboxylic acids is 2. The summed E-state index contributed by atoms with van der Waals surface area (Å²) in [5.74, 6) is 0.644. The Morgan fingerprint density at radius 1 is 0.889 bits per heavy atom. The minimum atomic E-state index is -0.129. The Kier molecular flexibility index (Phi) is 6.77. The first-order valence-electron chi connectivity index (χ1n) is 8.80. The van der Waals surface area contributed by atoms with Crippen molar-refractivity contribution in [2.45, 2.75) is 26.0 Å². The van der Waals surface area contributed by atoms with Gasteiger partial charge in [0, 0.05) is 19.4 Å². The number of hydrogen-bond acceptors (Lipinski definition) is 4.